The Balaban J connectivity index is 1.55. The largest absolute Gasteiger partial charge is 0.497 e. The molecule has 2 aromatic rings. The first-order valence-corrected chi connectivity index (χ1v) is 12.3. The van der Waals surface area contributed by atoms with Gasteiger partial charge in [0.1, 0.15) is 5.75 Å². The van der Waals surface area contributed by atoms with Crippen molar-refractivity contribution in [2.24, 2.45) is 5.92 Å². The van der Waals surface area contributed by atoms with E-state index >= 15 is 0 Å². The van der Waals surface area contributed by atoms with Gasteiger partial charge in [-0.3, -0.25) is 9.69 Å². The van der Waals surface area contributed by atoms with Gasteiger partial charge in [-0.1, -0.05) is 6.92 Å². The fourth-order valence-corrected chi connectivity index (χ4v) is 5.33. The monoisotopic (exact) mass is 452 g/mol. The van der Waals surface area contributed by atoms with E-state index < -0.39 is 22.0 Å². The summed E-state index contributed by atoms with van der Waals surface area (Å²) < 4.78 is 32.4. The van der Waals surface area contributed by atoms with E-state index in [2.05, 4.69) is 26.8 Å². The van der Waals surface area contributed by atoms with Gasteiger partial charge in [0.15, 0.2) is 5.13 Å². The zero-order chi connectivity index (χ0) is 21.7. The minimum absolute atomic E-state index is 0.0650. The molecule has 0 radical (unpaired) electrons. The number of hydrogen-bond donors (Lipinski definition) is 2. The SMILES string of the molecule is COc1ccc(S(=O)(=O)N[C@@H](C)C(=O)Nc2nc(CN3CCCC(C)C3)cs2)cc1. The van der Waals surface area contributed by atoms with Crippen molar-refractivity contribution >= 4 is 32.4 Å². The van der Waals surface area contributed by atoms with E-state index in [1.54, 1.807) is 12.1 Å². The van der Waals surface area contributed by atoms with Crippen molar-refractivity contribution < 1.29 is 17.9 Å². The quantitative estimate of drug-likeness (QED) is 0.639. The molecule has 0 aliphatic carbocycles. The van der Waals surface area contributed by atoms with Gasteiger partial charge in [-0.05, 0) is 56.5 Å². The zero-order valence-corrected chi connectivity index (χ0v) is 19.1. The number of methoxy groups -OCH3 is 1. The number of nitrogens with one attached hydrogen (secondary N) is 2. The van der Waals surface area contributed by atoms with Crippen LogP contribution in [0.25, 0.3) is 0 Å². The molecule has 1 amide bonds. The van der Waals surface area contributed by atoms with Gasteiger partial charge in [0.25, 0.3) is 0 Å². The van der Waals surface area contributed by atoms with Gasteiger partial charge in [-0.2, -0.15) is 4.72 Å². The lowest BCUT2D eigenvalue weighted by molar-refractivity contribution is -0.117. The Kier molecular flexibility index (Phi) is 7.45. The summed E-state index contributed by atoms with van der Waals surface area (Å²) in [5, 5.41) is 5.10. The number of amides is 1. The number of thiazole rings is 1. The lowest BCUT2D eigenvalue weighted by atomic mass is 10.0. The van der Waals surface area contributed by atoms with E-state index in [1.807, 2.05) is 5.38 Å². The summed E-state index contributed by atoms with van der Waals surface area (Å²) in [6.07, 6.45) is 2.46. The van der Waals surface area contributed by atoms with Crippen LogP contribution in [0.15, 0.2) is 34.5 Å². The average Bonchev–Trinajstić information content (AvgIpc) is 3.14. The number of aromatic nitrogens is 1. The maximum absolute atomic E-state index is 12.5. The number of anilines is 1. The van der Waals surface area contributed by atoms with Crippen LogP contribution in [0.3, 0.4) is 0 Å². The van der Waals surface area contributed by atoms with Gasteiger partial charge in [0.05, 0.1) is 23.7 Å². The number of ether oxygens (including phenoxy) is 1. The molecule has 1 aromatic heterocycles. The Morgan fingerprint density at radius 1 is 1.37 bits per heavy atom. The summed E-state index contributed by atoms with van der Waals surface area (Å²) in [5.74, 6) is 0.786. The van der Waals surface area contributed by atoms with E-state index in [0.717, 1.165) is 25.3 Å². The molecule has 1 saturated heterocycles. The third kappa shape index (κ3) is 6.00. The van der Waals surface area contributed by atoms with Crippen molar-refractivity contribution in [3.8, 4) is 5.75 Å². The van der Waals surface area contributed by atoms with Crippen molar-refractivity contribution in [1.29, 1.82) is 0 Å². The van der Waals surface area contributed by atoms with Gasteiger partial charge < -0.3 is 10.1 Å². The Morgan fingerprint density at radius 3 is 2.77 bits per heavy atom. The molecule has 0 spiro atoms. The highest BCUT2D eigenvalue weighted by atomic mass is 32.2. The van der Waals surface area contributed by atoms with Crippen LogP contribution in [0.2, 0.25) is 0 Å². The van der Waals surface area contributed by atoms with E-state index in [1.165, 1.54) is 50.3 Å². The normalized spacial score (nSPS) is 18.7. The maximum Gasteiger partial charge on any atom is 0.244 e. The molecule has 30 heavy (non-hydrogen) atoms. The van der Waals surface area contributed by atoms with E-state index in [4.69, 9.17) is 4.74 Å². The molecule has 10 heteroatoms. The molecule has 164 valence electrons. The highest BCUT2D eigenvalue weighted by Crippen LogP contribution is 2.21. The lowest BCUT2D eigenvalue weighted by Gasteiger charge is -2.30. The van der Waals surface area contributed by atoms with Crippen molar-refractivity contribution in [3.05, 3.63) is 35.3 Å². The molecule has 0 bridgehead atoms. The summed E-state index contributed by atoms with van der Waals surface area (Å²) in [6, 6.07) is 5.02. The molecule has 1 fully saturated rings. The van der Waals surface area contributed by atoms with Crippen LogP contribution in [0, 0.1) is 5.92 Å². The van der Waals surface area contributed by atoms with Gasteiger partial charge in [-0.25, -0.2) is 13.4 Å². The third-order valence-electron chi connectivity index (χ3n) is 5.00. The number of likely N-dealkylation sites (tertiary alicyclic amines) is 1. The second-order valence-electron chi connectivity index (χ2n) is 7.63. The molecule has 2 heterocycles. The van der Waals surface area contributed by atoms with Crippen LogP contribution in [-0.2, 0) is 21.4 Å². The van der Waals surface area contributed by atoms with Gasteiger partial charge in [-0.15, -0.1) is 11.3 Å². The minimum atomic E-state index is -3.83. The van der Waals surface area contributed by atoms with Crippen molar-refractivity contribution in [2.75, 3.05) is 25.5 Å². The highest BCUT2D eigenvalue weighted by molar-refractivity contribution is 7.89. The Bertz CT molecular complexity index is 959. The number of nitrogens with zero attached hydrogens (tertiary/aromatic N) is 2. The highest BCUT2D eigenvalue weighted by Gasteiger charge is 2.23. The second-order valence-corrected chi connectivity index (χ2v) is 10.2. The average molecular weight is 453 g/mol. The summed E-state index contributed by atoms with van der Waals surface area (Å²) in [5.41, 5.74) is 0.913. The first-order chi connectivity index (χ1) is 14.3. The molecule has 2 N–H and O–H groups in total. The number of benzene rings is 1. The predicted octanol–water partition coefficient (Wildman–Crippen LogP) is 2.69. The number of carbonyl (C=O) groups is 1. The molecule has 0 saturated carbocycles. The van der Waals surface area contributed by atoms with Crippen LogP contribution >= 0.6 is 11.3 Å². The number of piperidine rings is 1. The number of hydrogen-bond acceptors (Lipinski definition) is 7. The van der Waals surface area contributed by atoms with Gasteiger partial charge in [0, 0.05) is 18.5 Å². The van der Waals surface area contributed by atoms with Gasteiger partial charge >= 0.3 is 0 Å². The van der Waals surface area contributed by atoms with Crippen molar-refractivity contribution in [3.63, 3.8) is 0 Å². The topological polar surface area (TPSA) is 101 Å². The van der Waals surface area contributed by atoms with Gasteiger partial charge in [0.2, 0.25) is 15.9 Å². The molecule has 3 rings (SSSR count). The summed E-state index contributed by atoms with van der Waals surface area (Å²) in [6.45, 7) is 6.64. The third-order valence-corrected chi connectivity index (χ3v) is 7.37. The Labute approximate surface area is 181 Å². The van der Waals surface area contributed by atoms with Crippen LogP contribution < -0.4 is 14.8 Å². The molecule has 8 nitrogen and oxygen atoms in total. The first kappa shape index (κ1) is 22.7. The van der Waals surface area contributed by atoms with Crippen LogP contribution in [0.4, 0.5) is 5.13 Å². The van der Waals surface area contributed by atoms with Crippen molar-refractivity contribution in [1.82, 2.24) is 14.6 Å². The molecule has 1 unspecified atom stereocenters. The van der Waals surface area contributed by atoms with E-state index in [-0.39, 0.29) is 4.90 Å². The maximum atomic E-state index is 12.5. The van der Waals surface area contributed by atoms with E-state index in [0.29, 0.717) is 16.8 Å². The van der Waals surface area contributed by atoms with Crippen LogP contribution in [-0.4, -0.2) is 50.5 Å². The zero-order valence-electron chi connectivity index (χ0n) is 17.4. The Morgan fingerprint density at radius 2 is 2.10 bits per heavy atom. The predicted molar refractivity (Wildman–Crippen MR) is 117 cm³/mol. The molecule has 1 aliphatic heterocycles. The summed E-state index contributed by atoms with van der Waals surface area (Å²) in [7, 11) is -2.33. The fourth-order valence-electron chi connectivity index (χ4n) is 3.42. The molecular formula is C20H28N4O4S2. The van der Waals surface area contributed by atoms with E-state index in [9.17, 15) is 13.2 Å². The number of sulfonamides is 1. The van der Waals surface area contributed by atoms with Crippen molar-refractivity contribution in [2.45, 2.75) is 44.2 Å². The standard InChI is InChI=1S/C20H28N4O4S2/c1-14-5-4-10-24(11-14)12-16-13-29-20(21-16)22-19(25)15(2)23-30(26,27)18-8-6-17(28-3)7-9-18/h6-9,13-15,23H,4-5,10-12H2,1-3H3,(H,21,22,25)/t14?,15-/m0/s1. The fraction of sp³-hybridized carbons (Fsp3) is 0.500. The smallest absolute Gasteiger partial charge is 0.244 e. The molecular weight excluding hydrogens is 424 g/mol. The van der Waals surface area contributed by atoms with Crippen LogP contribution in [0.1, 0.15) is 32.4 Å². The minimum Gasteiger partial charge on any atom is -0.497 e. The second kappa shape index (κ2) is 9.86. The Hall–Kier alpha value is -2.01. The summed E-state index contributed by atoms with van der Waals surface area (Å²) >= 11 is 1.34. The number of rotatable bonds is 8. The molecule has 1 aromatic carbocycles. The number of carbonyl (C=O) groups excluding carboxylic acids is 1. The first-order valence-electron chi connectivity index (χ1n) is 9.91. The molecule has 2 atom stereocenters. The summed E-state index contributed by atoms with van der Waals surface area (Å²) in [4.78, 5) is 19.4. The molecule has 1 aliphatic rings. The van der Waals surface area contributed by atoms with Crippen LogP contribution in [0.5, 0.6) is 5.75 Å². The lowest BCUT2D eigenvalue weighted by Crippen LogP contribution is -2.41.